The molecule has 0 aliphatic carbocycles. The summed E-state index contributed by atoms with van der Waals surface area (Å²) < 4.78 is 16.9. The number of nitrogens with zero attached hydrogens (tertiary/aromatic N) is 2. The van der Waals surface area contributed by atoms with Gasteiger partial charge in [-0.05, 0) is 24.1 Å². The number of benzene rings is 1. The molecule has 0 saturated heterocycles. The first kappa shape index (κ1) is 19.6. The van der Waals surface area contributed by atoms with E-state index in [0.29, 0.717) is 29.6 Å². The fourth-order valence-electron chi connectivity index (χ4n) is 3.35. The first-order valence-corrected chi connectivity index (χ1v) is 9.28. The van der Waals surface area contributed by atoms with Crippen molar-refractivity contribution in [3.63, 3.8) is 0 Å². The van der Waals surface area contributed by atoms with E-state index >= 15 is 0 Å². The first-order chi connectivity index (χ1) is 13.3. The number of aromatic nitrogens is 2. The molecule has 1 unspecified atom stereocenters. The molecule has 1 aromatic heterocycles. The Bertz CT molecular complexity index is 948. The van der Waals surface area contributed by atoms with Gasteiger partial charge in [0.05, 0.1) is 25.2 Å². The second-order valence-corrected chi connectivity index (χ2v) is 7.75. The van der Waals surface area contributed by atoms with Crippen molar-refractivity contribution < 1.29 is 14.2 Å². The SMILES string of the molecule is CCCOc1ccc(C2C(C#N)=C(N)Oc3n[nH]c(C(C)(C)C)c32)cc1OC. The minimum absolute atomic E-state index is 0.0669. The molecular formula is C21H26N4O3. The van der Waals surface area contributed by atoms with Crippen LogP contribution in [-0.2, 0) is 5.41 Å². The number of H-pyrrole nitrogens is 1. The van der Waals surface area contributed by atoms with Crippen LogP contribution in [0.15, 0.2) is 29.7 Å². The van der Waals surface area contributed by atoms with Gasteiger partial charge in [0, 0.05) is 11.1 Å². The van der Waals surface area contributed by atoms with Crippen LogP contribution in [0.2, 0.25) is 0 Å². The molecule has 7 nitrogen and oxygen atoms in total. The van der Waals surface area contributed by atoms with E-state index in [-0.39, 0.29) is 11.3 Å². The molecule has 0 bridgehead atoms. The van der Waals surface area contributed by atoms with Crippen LogP contribution < -0.4 is 19.9 Å². The van der Waals surface area contributed by atoms with Crippen LogP contribution in [0.1, 0.15) is 56.9 Å². The van der Waals surface area contributed by atoms with E-state index < -0.39 is 5.92 Å². The number of rotatable bonds is 5. The molecule has 0 radical (unpaired) electrons. The Morgan fingerprint density at radius 1 is 1.32 bits per heavy atom. The molecular weight excluding hydrogens is 356 g/mol. The average Bonchev–Trinajstić information content (AvgIpc) is 3.08. The van der Waals surface area contributed by atoms with Gasteiger partial charge in [-0.25, -0.2) is 0 Å². The quantitative estimate of drug-likeness (QED) is 0.816. The average molecular weight is 382 g/mol. The lowest BCUT2D eigenvalue weighted by Crippen LogP contribution is -2.24. The number of fused-ring (bicyclic) bond motifs is 1. The Hall–Kier alpha value is -3.14. The van der Waals surface area contributed by atoms with Gasteiger partial charge in [0.15, 0.2) is 11.5 Å². The molecule has 0 fully saturated rings. The van der Waals surface area contributed by atoms with E-state index in [4.69, 9.17) is 19.9 Å². The van der Waals surface area contributed by atoms with Gasteiger partial charge < -0.3 is 19.9 Å². The molecule has 1 aliphatic heterocycles. The van der Waals surface area contributed by atoms with Crippen molar-refractivity contribution in [2.24, 2.45) is 5.73 Å². The maximum Gasteiger partial charge on any atom is 0.244 e. The smallest absolute Gasteiger partial charge is 0.244 e. The molecule has 2 heterocycles. The van der Waals surface area contributed by atoms with Crippen molar-refractivity contribution >= 4 is 0 Å². The van der Waals surface area contributed by atoms with E-state index in [1.807, 2.05) is 25.1 Å². The van der Waals surface area contributed by atoms with Crippen LogP contribution in [0.5, 0.6) is 17.4 Å². The van der Waals surface area contributed by atoms with Crippen LogP contribution in [0.3, 0.4) is 0 Å². The highest BCUT2D eigenvalue weighted by Gasteiger charge is 2.38. The zero-order valence-electron chi connectivity index (χ0n) is 16.9. The number of methoxy groups -OCH3 is 1. The van der Waals surface area contributed by atoms with Gasteiger partial charge in [0.25, 0.3) is 0 Å². The first-order valence-electron chi connectivity index (χ1n) is 9.28. The normalized spacial score (nSPS) is 16.2. The third kappa shape index (κ3) is 3.38. The van der Waals surface area contributed by atoms with Crippen LogP contribution >= 0.6 is 0 Å². The van der Waals surface area contributed by atoms with Gasteiger partial charge >= 0.3 is 0 Å². The summed E-state index contributed by atoms with van der Waals surface area (Å²) in [5.41, 5.74) is 8.75. The summed E-state index contributed by atoms with van der Waals surface area (Å²) in [5.74, 6) is 1.33. The lowest BCUT2D eigenvalue weighted by Gasteiger charge is -2.27. The third-order valence-corrected chi connectivity index (χ3v) is 4.67. The Labute approximate surface area is 165 Å². The lowest BCUT2D eigenvalue weighted by atomic mass is 9.79. The Kier molecular flexibility index (Phi) is 5.23. The summed E-state index contributed by atoms with van der Waals surface area (Å²) in [5, 5.41) is 17.2. The summed E-state index contributed by atoms with van der Waals surface area (Å²) in [6, 6.07) is 7.89. The summed E-state index contributed by atoms with van der Waals surface area (Å²) >= 11 is 0. The minimum Gasteiger partial charge on any atom is -0.493 e. The predicted molar refractivity (Wildman–Crippen MR) is 105 cm³/mol. The number of ether oxygens (including phenoxy) is 3. The van der Waals surface area contributed by atoms with Crippen molar-refractivity contribution in [2.45, 2.75) is 45.4 Å². The molecule has 28 heavy (non-hydrogen) atoms. The van der Waals surface area contributed by atoms with Crippen molar-refractivity contribution in [3.05, 3.63) is 46.5 Å². The number of aromatic amines is 1. The molecule has 1 aromatic carbocycles. The van der Waals surface area contributed by atoms with Gasteiger partial charge in [0.1, 0.15) is 11.6 Å². The number of allylic oxidation sites excluding steroid dienone is 1. The molecule has 7 heteroatoms. The topological polar surface area (TPSA) is 106 Å². The Balaban J connectivity index is 2.18. The van der Waals surface area contributed by atoms with Crippen molar-refractivity contribution in [1.29, 1.82) is 5.26 Å². The maximum absolute atomic E-state index is 9.79. The fraction of sp³-hybridized carbons (Fsp3) is 0.429. The lowest BCUT2D eigenvalue weighted by molar-refractivity contribution is 0.294. The van der Waals surface area contributed by atoms with Crippen LogP contribution in [0.4, 0.5) is 0 Å². The van der Waals surface area contributed by atoms with Crippen molar-refractivity contribution in [2.75, 3.05) is 13.7 Å². The predicted octanol–water partition coefficient (Wildman–Crippen LogP) is 3.72. The summed E-state index contributed by atoms with van der Waals surface area (Å²) in [6.45, 7) is 8.88. The molecule has 1 aliphatic rings. The fourth-order valence-corrected chi connectivity index (χ4v) is 3.35. The van der Waals surface area contributed by atoms with Gasteiger partial charge in [0.2, 0.25) is 11.8 Å². The molecule has 3 rings (SSSR count). The van der Waals surface area contributed by atoms with E-state index in [2.05, 4.69) is 37.0 Å². The molecule has 0 spiro atoms. The summed E-state index contributed by atoms with van der Waals surface area (Å²) in [4.78, 5) is 0. The largest absolute Gasteiger partial charge is 0.493 e. The minimum atomic E-state index is -0.407. The Morgan fingerprint density at radius 2 is 2.07 bits per heavy atom. The molecule has 1 atom stereocenters. The highest BCUT2D eigenvalue weighted by molar-refractivity contribution is 5.58. The number of hydrogen-bond donors (Lipinski definition) is 2. The van der Waals surface area contributed by atoms with Crippen LogP contribution in [0.25, 0.3) is 0 Å². The summed E-state index contributed by atoms with van der Waals surface area (Å²) in [7, 11) is 1.60. The zero-order valence-corrected chi connectivity index (χ0v) is 16.9. The molecule has 0 amide bonds. The highest BCUT2D eigenvalue weighted by atomic mass is 16.5. The van der Waals surface area contributed by atoms with Crippen molar-refractivity contribution in [3.8, 4) is 23.4 Å². The number of nitriles is 1. The van der Waals surface area contributed by atoms with Gasteiger partial charge in [-0.2, -0.15) is 5.26 Å². The second kappa shape index (κ2) is 7.47. The van der Waals surface area contributed by atoms with Crippen molar-refractivity contribution in [1.82, 2.24) is 10.2 Å². The zero-order chi connectivity index (χ0) is 20.5. The second-order valence-electron chi connectivity index (χ2n) is 7.75. The van der Waals surface area contributed by atoms with E-state index in [1.54, 1.807) is 7.11 Å². The molecule has 0 saturated carbocycles. The molecule has 3 N–H and O–H groups in total. The van der Waals surface area contributed by atoms with E-state index in [0.717, 1.165) is 23.2 Å². The van der Waals surface area contributed by atoms with Gasteiger partial charge in [-0.1, -0.05) is 33.8 Å². The maximum atomic E-state index is 9.79. The summed E-state index contributed by atoms with van der Waals surface area (Å²) in [6.07, 6.45) is 0.899. The molecule has 2 aromatic rings. The third-order valence-electron chi connectivity index (χ3n) is 4.67. The monoisotopic (exact) mass is 382 g/mol. The number of nitrogens with two attached hydrogens (primary N) is 1. The Morgan fingerprint density at radius 3 is 2.68 bits per heavy atom. The standard InChI is InChI=1S/C21H26N4O3/c1-6-9-27-14-8-7-12(10-15(14)26-5)16-13(11-22)19(23)28-20-17(16)18(24-25-20)21(2,3)4/h7-8,10,16H,6,9,23H2,1-5H3,(H,24,25). The number of nitrogens with one attached hydrogen (secondary N) is 1. The van der Waals surface area contributed by atoms with Crippen LogP contribution in [-0.4, -0.2) is 23.9 Å². The van der Waals surface area contributed by atoms with E-state index in [1.165, 1.54) is 0 Å². The highest BCUT2D eigenvalue weighted by Crippen LogP contribution is 2.46. The van der Waals surface area contributed by atoms with Gasteiger partial charge in [-0.15, -0.1) is 5.10 Å². The van der Waals surface area contributed by atoms with Gasteiger partial charge in [-0.3, -0.25) is 5.10 Å². The number of hydrogen-bond acceptors (Lipinski definition) is 6. The van der Waals surface area contributed by atoms with Crippen LogP contribution in [0, 0.1) is 11.3 Å². The van der Waals surface area contributed by atoms with E-state index in [9.17, 15) is 5.26 Å². The molecule has 148 valence electrons.